The molecule has 1 N–H and O–H groups in total. The van der Waals surface area contributed by atoms with Crippen LogP contribution in [0.4, 0.5) is 0 Å². The van der Waals surface area contributed by atoms with E-state index in [2.05, 4.69) is 5.32 Å². The molecule has 2 atom stereocenters. The van der Waals surface area contributed by atoms with Gasteiger partial charge in [-0.15, -0.1) is 12.4 Å². The molecular formula is C17H25ClN2O3. The number of likely N-dealkylation sites (tertiary alicyclic amines) is 1. The summed E-state index contributed by atoms with van der Waals surface area (Å²) in [7, 11) is 1.64. The highest BCUT2D eigenvalue weighted by Crippen LogP contribution is 2.26. The first kappa shape index (κ1) is 17.9. The lowest BCUT2D eigenvalue weighted by Crippen LogP contribution is -2.31. The van der Waals surface area contributed by atoms with Crippen LogP contribution in [-0.2, 0) is 4.79 Å². The van der Waals surface area contributed by atoms with Gasteiger partial charge in [-0.05, 0) is 42.5 Å². The van der Waals surface area contributed by atoms with Crippen molar-refractivity contribution in [1.29, 1.82) is 0 Å². The Kier molecular flexibility index (Phi) is 6.54. The van der Waals surface area contributed by atoms with Crippen molar-refractivity contribution >= 4 is 18.3 Å². The Hall–Kier alpha value is -1.46. The van der Waals surface area contributed by atoms with Crippen molar-refractivity contribution in [3.05, 3.63) is 24.3 Å². The molecule has 23 heavy (non-hydrogen) atoms. The molecule has 1 amide bonds. The lowest BCUT2D eigenvalue weighted by molar-refractivity contribution is -0.130. The molecule has 0 unspecified atom stereocenters. The number of nitrogens with zero attached hydrogens (tertiary/aromatic N) is 1. The van der Waals surface area contributed by atoms with Crippen LogP contribution in [-0.4, -0.2) is 50.7 Å². The molecular weight excluding hydrogens is 316 g/mol. The van der Waals surface area contributed by atoms with Gasteiger partial charge in [-0.25, -0.2) is 0 Å². The maximum atomic E-state index is 12.2. The van der Waals surface area contributed by atoms with Gasteiger partial charge in [-0.1, -0.05) is 0 Å². The Balaban J connectivity index is 0.00000192. The molecule has 2 heterocycles. The summed E-state index contributed by atoms with van der Waals surface area (Å²) in [6, 6.07) is 7.51. The Labute approximate surface area is 143 Å². The predicted octanol–water partition coefficient (Wildman–Crippen LogP) is 1.95. The third-order valence-corrected chi connectivity index (χ3v) is 4.61. The van der Waals surface area contributed by atoms with Crippen molar-refractivity contribution < 1.29 is 14.3 Å². The highest BCUT2D eigenvalue weighted by Gasteiger charge is 2.37. The second-order valence-corrected chi connectivity index (χ2v) is 6.10. The SMILES string of the molecule is COc1ccc(OCCCC(=O)N2C[C@H]3CNC[C@H]3C2)cc1.Cl. The van der Waals surface area contributed by atoms with E-state index in [1.807, 2.05) is 29.2 Å². The third kappa shape index (κ3) is 4.52. The van der Waals surface area contributed by atoms with E-state index in [-0.39, 0.29) is 18.3 Å². The lowest BCUT2D eigenvalue weighted by Gasteiger charge is -2.17. The Morgan fingerprint density at radius 3 is 2.39 bits per heavy atom. The first-order valence-electron chi connectivity index (χ1n) is 8.01. The normalized spacial score (nSPS) is 22.4. The van der Waals surface area contributed by atoms with Gasteiger partial charge < -0.3 is 19.7 Å². The molecule has 0 radical (unpaired) electrons. The molecule has 0 saturated carbocycles. The Morgan fingerprint density at radius 2 is 1.78 bits per heavy atom. The molecule has 1 aromatic rings. The molecule has 0 aliphatic carbocycles. The van der Waals surface area contributed by atoms with Gasteiger partial charge in [-0.3, -0.25) is 4.79 Å². The number of rotatable bonds is 6. The smallest absolute Gasteiger partial charge is 0.222 e. The number of carbonyl (C=O) groups is 1. The summed E-state index contributed by atoms with van der Waals surface area (Å²) in [6.07, 6.45) is 1.33. The minimum absolute atomic E-state index is 0. The number of fused-ring (bicyclic) bond motifs is 1. The maximum Gasteiger partial charge on any atom is 0.222 e. The molecule has 2 aliphatic rings. The maximum absolute atomic E-state index is 12.2. The largest absolute Gasteiger partial charge is 0.497 e. The topological polar surface area (TPSA) is 50.8 Å². The Morgan fingerprint density at radius 1 is 1.17 bits per heavy atom. The zero-order chi connectivity index (χ0) is 15.4. The number of methoxy groups -OCH3 is 1. The average Bonchev–Trinajstić information content (AvgIpc) is 3.13. The molecule has 6 heteroatoms. The standard InChI is InChI=1S/C17H24N2O3.ClH/c1-21-15-4-6-16(7-5-15)22-8-2-3-17(20)19-11-13-9-18-10-14(13)12-19;/h4-7,13-14,18H,2-3,8-12H2,1H3;1H/t13-,14+;. The van der Waals surface area contributed by atoms with Gasteiger partial charge in [0, 0.05) is 32.6 Å². The molecule has 0 bridgehead atoms. The van der Waals surface area contributed by atoms with E-state index in [4.69, 9.17) is 9.47 Å². The van der Waals surface area contributed by atoms with E-state index in [9.17, 15) is 4.79 Å². The minimum atomic E-state index is 0. The van der Waals surface area contributed by atoms with Crippen LogP contribution in [0.25, 0.3) is 0 Å². The molecule has 0 spiro atoms. The second-order valence-electron chi connectivity index (χ2n) is 6.10. The van der Waals surface area contributed by atoms with Crippen LogP contribution in [0.2, 0.25) is 0 Å². The minimum Gasteiger partial charge on any atom is -0.497 e. The first-order chi connectivity index (χ1) is 10.8. The summed E-state index contributed by atoms with van der Waals surface area (Å²) in [5.41, 5.74) is 0. The number of halogens is 1. The number of carbonyl (C=O) groups excluding carboxylic acids is 1. The van der Waals surface area contributed by atoms with Crippen LogP contribution in [0.3, 0.4) is 0 Å². The van der Waals surface area contributed by atoms with Crippen molar-refractivity contribution in [1.82, 2.24) is 10.2 Å². The quantitative estimate of drug-likeness (QED) is 0.804. The van der Waals surface area contributed by atoms with Gasteiger partial charge in [0.2, 0.25) is 5.91 Å². The lowest BCUT2D eigenvalue weighted by atomic mass is 10.0. The van der Waals surface area contributed by atoms with Crippen molar-refractivity contribution in [3.63, 3.8) is 0 Å². The van der Waals surface area contributed by atoms with Crippen molar-refractivity contribution in [2.75, 3.05) is 39.9 Å². The third-order valence-electron chi connectivity index (χ3n) is 4.61. The van der Waals surface area contributed by atoms with Gasteiger partial charge in [-0.2, -0.15) is 0 Å². The fourth-order valence-corrected chi connectivity index (χ4v) is 3.30. The van der Waals surface area contributed by atoms with Gasteiger partial charge in [0.1, 0.15) is 11.5 Å². The molecule has 2 fully saturated rings. The van der Waals surface area contributed by atoms with Gasteiger partial charge in [0.25, 0.3) is 0 Å². The molecule has 2 saturated heterocycles. The van der Waals surface area contributed by atoms with Crippen LogP contribution in [0.5, 0.6) is 11.5 Å². The zero-order valence-corrected chi connectivity index (χ0v) is 14.3. The van der Waals surface area contributed by atoms with E-state index in [0.717, 1.165) is 44.1 Å². The van der Waals surface area contributed by atoms with Gasteiger partial charge in [0.05, 0.1) is 13.7 Å². The number of amides is 1. The summed E-state index contributed by atoms with van der Waals surface area (Å²) in [5, 5.41) is 3.40. The van der Waals surface area contributed by atoms with E-state index in [0.29, 0.717) is 24.9 Å². The van der Waals surface area contributed by atoms with Crippen molar-refractivity contribution in [3.8, 4) is 11.5 Å². The van der Waals surface area contributed by atoms with E-state index >= 15 is 0 Å². The fraction of sp³-hybridized carbons (Fsp3) is 0.588. The van der Waals surface area contributed by atoms with E-state index in [1.54, 1.807) is 7.11 Å². The summed E-state index contributed by atoms with van der Waals surface area (Å²) >= 11 is 0. The zero-order valence-electron chi connectivity index (χ0n) is 13.5. The van der Waals surface area contributed by atoms with E-state index in [1.165, 1.54) is 0 Å². The molecule has 0 aromatic heterocycles. The highest BCUT2D eigenvalue weighted by atomic mass is 35.5. The number of hydrogen-bond donors (Lipinski definition) is 1. The van der Waals surface area contributed by atoms with Crippen molar-refractivity contribution in [2.24, 2.45) is 11.8 Å². The summed E-state index contributed by atoms with van der Waals surface area (Å²) in [5.74, 6) is 3.23. The van der Waals surface area contributed by atoms with Crippen LogP contribution < -0.4 is 14.8 Å². The molecule has 3 rings (SSSR count). The molecule has 2 aliphatic heterocycles. The summed E-state index contributed by atoms with van der Waals surface area (Å²) in [6.45, 7) is 4.55. The fourth-order valence-electron chi connectivity index (χ4n) is 3.30. The number of nitrogens with one attached hydrogen (secondary N) is 1. The first-order valence-corrected chi connectivity index (χ1v) is 8.01. The monoisotopic (exact) mass is 340 g/mol. The van der Waals surface area contributed by atoms with Crippen LogP contribution in [0, 0.1) is 11.8 Å². The van der Waals surface area contributed by atoms with Crippen molar-refractivity contribution in [2.45, 2.75) is 12.8 Å². The highest BCUT2D eigenvalue weighted by molar-refractivity contribution is 5.85. The molecule has 1 aromatic carbocycles. The molecule has 128 valence electrons. The number of hydrogen-bond acceptors (Lipinski definition) is 4. The van der Waals surface area contributed by atoms with E-state index < -0.39 is 0 Å². The predicted molar refractivity (Wildman–Crippen MR) is 91.4 cm³/mol. The van der Waals surface area contributed by atoms with Crippen LogP contribution in [0.1, 0.15) is 12.8 Å². The summed E-state index contributed by atoms with van der Waals surface area (Å²) in [4.78, 5) is 14.2. The molecule has 5 nitrogen and oxygen atoms in total. The van der Waals surface area contributed by atoms with Crippen LogP contribution >= 0.6 is 12.4 Å². The van der Waals surface area contributed by atoms with Gasteiger partial charge in [0.15, 0.2) is 0 Å². The number of benzene rings is 1. The Bertz CT molecular complexity index is 497. The summed E-state index contributed by atoms with van der Waals surface area (Å²) < 4.78 is 10.8. The second kappa shape index (κ2) is 8.41. The number of ether oxygens (including phenoxy) is 2. The van der Waals surface area contributed by atoms with Gasteiger partial charge >= 0.3 is 0 Å². The van der Waals surface area contributed by atoms with Crippen LogP contribution in [0.15, 0.2) is 24.3 Å². The average molecular weight is 341 g/mol.